The second kappa shape index (κ2) is 7.90. The lowest BCUT2D eigenvalue weighted by Gasteiger charge is -2.33. The maximum atomic E-state index is 12.9. The van der Waals surface area contributed by atoms with Gasteiger partial charge in [0.05, 0.1) is 0 Å². The maximum absolute atomic E-state index is 12.9. The topological polar surface area (TPSA) is 23.6 Å². The molecule has 0 N–H and O–H groups in total. The third-order valence-electron chi connectivity index (χ3n) is 6.78. The molecular formula is C22H32N2O. The van der Waals surface area contributed by atoms with Gasteiger partial charge in [-0.25, -0.2) is 0 Å². The van der Waals surface area contributed by atoms with E-state index in [1.807, 2.05) is 0 Å². The first-order valence-corrected chi connectivity index (χ1v) is 10.3. The van der Waals surface area contributed by atoms with E-state index in [0.29, 0.717) is 5.91 Å². The standard InChI is InChI=1S/C22H32N2O/c25-22(24-16-20-8-4-5-9-21(20)17-24)19-11-14-23(15-12-19)13-10-18-6-2-1-3-7-18/h1-3,6-7,19-21H,4-5,8-17H2. The second-order valence-corrected chi connectivity index (χ2v) is 8.40. The molecule has 0 radical (unpaired) electrons. The van der Waals surface area contributed by atoms with Gasteiger partial charge in [-0.2, -0.15) is 0 Å². The van der Waals surface area contributed by atoms with E-state index in [-0.39, 0.29) is 5.92 Å². The smallest absolute Gasteiger partial charge is 0.225 e. The van der Waals surface area contributed by atoms with E-state index < -0.39 is 0 Å². The number of nitrogens with zero attached hydrogens (tertiary/aromatic N) is 2. The van der Waals surface area contributed by atoms with Crippen molar-refractivity contribution in [3.8, 4) is 0 Å². The predicted molar refractivity (Wildman–Crippen MR) is 101 cm³/mol. The van der Waals surface area contributed by atoms with Crippen LogP contribution in [-0.2, 0) is 11.2 Å². The van der Waals surface area contributed by atoms with Crippen LogP contribution in [0.3, 0.4) is 0 Å². The number of hydrogen-bond donors (Lipinski definition) is 0. The van der Waals surface area contributed by atoms with Crippen LogP contribution in [0, 0.1) is 17.8 Å². The summed E-state index contributed by atoms with van der Waals surface area (Å²) in [6.45, 7) is 5.40. The van der Waals surface area contributed by atoms with Crippen molar-refractivity contribution < 1.29 is 4.79 Å². The summed E-state index contributed by atoms with van der Waals surface area (Å²) in [5.41, 5.74) is 1.42. The summed E-state index contributed by atoms with van der Waals surface area (Å²) >= 11 is 0. The monoisotopic (exact) mass is 340 g/mol. The number of piperidine rings is 1. The summed E-state index contributed by atoms with van der Waals surface area (Å²) in [5, 5.41) is 0. The number of rotatable bonds is 4. The summed E-state index contributed by atoms with van der Waals surface area (Å²) < 4.78 is 0. The van der Waals surface area contributed by atoms with E-state index in [4.69, 9.17) is 0 Å². The van der Waals surface area contributed by atoms with Gasteiger partial charge in [-0.3, -0.25) is 4.79 Å². The molecule has 25 heavy (non-hydrogen) atoms. The quantitative estimate of drug-likeness (QED) is 0.836. The van der Waals surface area contributed by atoms with Crippen molar-refractivity contribution >= 4 is 5.91 Å². The van der Waals surface area contributed by atoms with E-state index in [9.17, 15) is 4.79 Å². The van der Waals surface area contributed by atoms with Gasteiger partial charge in [0.25, 0.3) is 0 Å². The molecule has 0 spiro atoms. The van der Waals surface area contributed by atoms with Gasteiger partial charge in [0.15, 0.2) is 0 Å². The average Bonchev–Trinajstić information content (AvgIpc) is 3.11. The van der Waals surface area contributed by atoms with Crippen LogP contribution in [0.15, 0.2) is 30.3 Å². The number of carbonyl (C=O) groups excluding carboxylic acids is 1. The Morgan fingerprint density at radius 3 is 2.20 bits per heavy atom. The Morgan fingerprint density at radius 1 is 0.920 bits per heavy atom. The zero-order chi connectivity index (χ0) is 17.1. The van der Waals surface area contributed by atoms with Crippen LogP contribution in [0.4, 0.5) is 0 Å². The zero-order valence-electron chi connectivity index (χ0n) is 15.4. The fourth-order valence-corrected chi connectivity index (χ4v) is 5.18. The molecule has 2 heterocycles. The first kappa shape index (κ1) is 17.1. The van der Waals surface area contributed by atoms with Crippen molar-refractivity contribution in [1.29, 1.82) is 0 Å². The number of likely N-dealkylation sites (tertiary alicyclic amines) is 2. The molecule has 1 saturated carbocycles. The minimum atomic E-state index is 0.285. The first-order chi connectivity index (χ1) is 12.3. The Morgan fingerprint density at radius 2 is 1.56 bits per heavy atom. The number of fused-ring (bicyclic) bond motifs is 1. The van der Waals surface area contributed by atoms with Crippen LogP contribution < -0.4 is 0 Å². The predicted octanol–water partition coefficient (Wildman–Crippen LogP) is 3.59. The summed E-state index contributed by atoms with van der Waals surface area (Å²) in [4.78, 5) is 17.7. The Labute approximate surface area is 152 Å². The van der Waals surface area contributed by atoms with Gasteiger partial charge < -0.3 is 9.80 Å². The molecule has 1 amide bonds. The third kappa shape index (κ3) is 4.08. The van der Waals surface area contributed by atoms with E-state index in [2.05, 4.69) is 40.1 Å². The molecule has 2 unspecified atom stereocenters. The minimum absolute atomic E-state index is 0.285. The Balaban J connectivity index is 1.22. The molecule has 2 aliphatic heterocycles. The van der Waals surface area contributed by atoms with Crippen molar-refractivity contribution in [1.82, 2.24) is 9.80 Å². The van der Waals surface area contributed by atoms with E-state index >= 15 is 0 Å². The highest BCUT2D eigenvalue weighted by atomic mass is 16.2. The SMILES string of the molecule is O=C(C1CCN(CCc2ccccc2)CC1)N1CC2CCCCC2C1. The molecule has 1 aromatic carbocycles. The molecule has 1 aromatic rings. The molecule has 3 fully saturated rings. The molecule has 2 atom stereocenters. The molecule has 3 heteroatoms. The van der Waals surface area contributed by atoms with Crippen molar-refractivity contribution in [2.45, 2.75) is 44.9 Å². The van der Waals surface area contributed by atoms with Crippen LogP contribution in [0.2, 0.25) is 0 Å². The molecule has 2 saturated heterocycles. The highest BCUT2D eigenvalue weighted by molar-refractivity contribution is 5.79. The number of carbonyl (C=O) groups is 1. The van der Waals surface area contributed by atoms with Crippen molar-refractivity contribution in [2.24, 2.45) is 17.8 Å². The van der Waals surface area contributed by atoms with Gasteiger partial charge in [-0.05, 0) is 62.6 Å². The van der Waals surface area contributed by atoms with Gasteiger partial charge in [0.2, 0.25) is 5.91 Å². The van der Waals surface area contributed by atoms with Gasteiger partial charge in [-0.15, -0.1) is 0 Å². The van der Waals surface area contributed by atoms with Crippen LogP contribution >= 0.6 is 0 Å². The Hall–Kier alpha value is -1.35. The maximum Gasteiger partial charge on any atom is 0.225 e. The molecule has 3 aliphatic rings. The highest BCUT2D eigenvalue weighted by Crippen LogP contribution is 2.37. The molecule has 4 rings (SSSR count). The Kier molecular flexibility index (Phi) is 5.40. The van der Waals surface area contributed by atoms with E-state index in [1.165, 1.54) is 31.2 Å². The number of amides is 1. The first-order valence-electron chi connectivity index (χ1n) is 10.3. The van der Waals surface area contributed by atoms with E-state index in [0.717, 1.165) is 63.8 Å². The van der Waals surface area contributed by atoms with Gasteiger partial charge in [-0.1, -0.05) is 43.2 Å². The molecule has 136 valence electrons. The summed E-state index contributed by atoms with van der Waals surface area (Å²) in [5.74, 6) is 2.37. The van der Waals surface area contributed by atoms with Crippen LogP contribution in [0.1, 0.15) is 44.1 Å². The summed E-state index contributed by atoms with van der Waals surface area (Å²) in [6, 6.07) is 10.7. The molecule has 0 bridgehead atoms. The summed E-state index contributed by atoms with van der Waals surface area (Å²) in [7, 11) is 0. The zero-order valence-corrected chi connectivity index (χ0v) is 15.4. The van der Waals surface area contributed by atoms with Crippen LogP contribution in [0.25, 0.3) is 0 Å². The second-order valence-electron chi connectivity index (χ2n) is 8.40. The van der Waals surface area contributed by atoms with Crippen LogP contribution in [0.5, 0.6) is 0 Å². The van der Waals surface area contributed by atoms with Gasteiger partial charge in [0, 0.05) is 25.6 Å². The van der Waals surface area contributed by atoms with Gasteiger partial charge in [0.1, 0.15) is 0 Å². The molecular weight excluding hydrogens is 308 g/mol. The van der Waals surface area contributed by atoms with Gasteiger partial charge >= 0.3 is 0 Å². The fourth-order valence-electron chi connectivity index (χ4n) is 5.18. The van der Waals surface area contributed by atoms with Crippen LogP contribution in [-0.4, -0.2) is 48.4 Å². The minimum Gasteiger partial charge on any atom is -0.342 e. The fraction of sp³-hybridized carbons (Fsp3) is 0.682. The summed E-state index contributed by atoms with van der Waals surface area (Å²) in [6.07, 6.45) is 8.69. The van der Waals surface area contributed by atoms with Crippen molar-refractivity contribution in [3.05, 3.63) is 35.9 Å². The number of hydrogen-bond acceptors (Lipinski definition) is 2. The molecule has 3 nitrogen and oxygen atoms in total. The lowest BCUT2D eigenvalue weighted by Crippen LogP contribution is -2.42. The van der Waals surface area contributed by atoms with Crippen molar-refractivity contribution in [2.75, 3.05) is 32.7 Å². The highest BCUT2D eigenvalue weighted by Gasteiger charge is 2.38. The average molecular weight is 341 g/mol. The number of benzene rings is 1. The lowest BCUT2D eigenvalue weighted by molar-refractivity contribution is -0.136. The van der Waals surface area contributed by atoms with E-state index in [1.54, 1.807) is 0 Å². The third-order valence-corrected chi connectivity index (χ3v) is 6.78. The Bertz CT molecular complexity index is 551. The lowest BCUT2D eigenvalue weighted by atomic mass is 9.82. The normalized spacial score (nSPS) is 28.1. The largest absolute Gasteiger partial charge is 0.342 e. The van der Waals surface area contributed by atoms with Crippen molar-refractivity contribution in [3.63, 3.8) is 0 Å². The molecule has 1 aliphatic carbocycles. The molecule has 0 aromatic heterocycles.